The lowest BCUT2D eigenvalue weighted by molar-refractivity contribution is 0.102. The zero-order chi connectivity index (χ0) is 16.1. The number of hydrogen-bond acceptors (Lipinski definition) is 5. The van der Waals surface area contributed by atoms with Gasteiger partial charge in [0.05, 0.1) is 18.4 Å². The Morgan fingerprint density at radius 1 is 1.36 bits per heavy atom. The van der Waals surface area contributed by atoms with Crippen LogP contribution in [0.1, 0.15) is 34.7 Å². The van der Waals surface area contributed by atoms with E-state index in [1.165, 1.54) is 11.8 Å². The fourth-order valence-corrected chi connectivity index (χ4v) is 3.31. The fraction of sp³-hybridized carbons (Fsp3) is 0.438. The molecule has 0 aliphatic rings. The van der Waals surface area contributed by atoms with Gasteiger partial charge < -0.3 is 9.30 Å². The zero-order valence-electron chi connectivity index (χ0n) is 13.4. The standard InChI is InChI=1S/C16H21N3O2S/c1-11-8-14(13(3)19(11)12(2)9-21-4)15(20)10-22-16-17-6-5-7-18-16/h5-8,12H,9-10H2,1-4H3/t12-/m0/s1. The highest BCUT2D eigenvalue weighted by Gasteiger charge is 2.19. The van der Waals surface area contributed by atoms with Gasteiger partial charge in [0.15, 0.2) is 10.9 Å². The van der Waals surface area contributed by atoms with Crippen LogP contribution in [-0.2, 0) is 4.74 Å². The van der Waals surface area contributed by atoms with Gasteiger partial charge >= 0.3 is 0 Å². The van der Waals surface area contributed by atoms with Crippen LogP contribution >= 0.6 is 11.8 Å². The maximum absolute atomic E-state index is 12.5. The van der Waals surface area contributed by atoms with E-state index < -0.39 is 0 Å². The molecule has 0 aliphatic carbocycles. The molecule has 0 unspecified atom stereocenters. The Kier molecular flexibility index (Phi) is 5.74. The molecule has 0 fully saturated rings. The van der Waals surface area contributed by atoms with Gasteiger partial charge in [0.25, 0.3) is 0 Å². The second-order valence-electron chi connectivity index (χ2n) is 5.20. The van der Waals surface area contributed by atoms with Crippen LogP contribution in [0.4, 0.5) is 0 Å². The molecular formula is C16H21N3O2S. The zero-order valence-corrected chi connectivity index (χ0v) is 14.2. The number of nitrogens with zero attached hydrogens (tertiary/aromatic N) is 3. The number of rotatable bonds is 7. The minimum Gasteiger partial charge on any atom is -0.383 e. The van der Waals surface area contributed by atoms with Crippen molar-refractivity contribution >= 4 is 17.5 Å². The lowest BCUT2D eigenvalue weighted by Crippen LogP contribution is -2.14. The van der Waals surface area contributed by atoms with Crippen molar-refractivity contribution in [1.29, 1.82) is 0 Å². The summed E-state index contributed by atoms with van der Waals surface area (Å²) in [5.41, 5.74) is 2.83. The first-order valence-electron chi connectivity index (χ1n) is 7.15. The highest BCUT2D eigenvalue weighted by molar-refractivity contribution is 7.99. The van der Waals surface area contributed by atoms with Crippen molar-refractivity contribution in [2.45, 2.75) is 32.0 Å². The molecule has 0 aliphatic heterocycles. The Bertz CT molecular complexity index is 640. The lowest BCUT2D eigenvalue weighted by Gasteiger charge is -2.17. The summed E-state index contributed by atoms with van der Waals surface area (Å²) < 4.78 is 7.37. The summed E-state index contributed by atoms with van der Waals surface area (Å²) in [5, 5.41) is 0.623. The van der Waals surface area contributed by atoms with E-state index in [0.29, 0.717) is 17.5 Å². The Morgan fingerprint density at radius 2 is 2.05 bits per heavy atom. The Hall–Kier alpha value is -1.66. The van der Waals surface area contributed by atoms with Crippen molar-refractivity contribution in [3.05, 3.63) is 41.5 Å². The summed E-state index contributed by atoms with van der Waals surface area (Å²) in [6.07, 6.45) is 3.36. The molecule has 2 rings (SSSR count). The molecule has 0 saturated carbocycles. The van der Waals surface area contributed by atoms with Crippen molar-refractivity contribution in [1.82, 2.24) is 14.5 Å². The van der Waals surface area contributed by atoms with Crippen LogP contribution in [0, 0.1) is 13.8 Å². The molecule has 0 spiro atoms. The van der Waals surface area contributed by atoms with Gasteiger partial charge in [-0.05, 0) is 32.9 Å². The molecule has 118 valence electrons. The fourth-order valence-electron chi connectivity index (χ4n) is 2.62. The maximum Gasteiger partial charge on any atom is 0.187 e. The van der Waals surface area contributed by atoms with Crippen LogP contribution in [0.25, 0.3) is 0 Å². The van der Waals surface area contributed by atoms with E-state index in [4.69, 9.17) is 4.74 Å². The number of hydrogen-bond donors (Lipinski definition) is 0. The first-order valence-corrected chi connectivity index (χ1v) is 8.13. The third-order valence-electron chi connectivity index (χ3n) is 3.51. The van der Waals surface area contributed by atoms with Crippen LogP contribution in [0.3, 0.4) is 0 Å². The largest absolute Gasteiger partial charge is 0.383 e. The monoisotopic (exact) mass is 319 g/mol. The number of thioether (sulfide) groups is 1. The molecular weight excluding hydrogens is 298 g/mol. The predicted octanol–water partition coefficient (Wildman–Crippen LogP) is 3.08. The third kappa shape index (κ3) is 3.75. The van der Waals surface area contributed by atoms with Crippen molar-refractivity contribution in [2.75, 3.05) is 19.5 Å². The molecule has 6 heteroatoms. The number of carbonyl (C=O) groups excluding carboxylic acids is 1. The van der Waals surface area contributed by atoms with Gasteiger partial charge in [0.1, 0.15) is 0 Å². The van der Waals surface area contributed by atoms with E-state index in [2.05, 4.69) is 21.5 Å². The van der Waals surface area contributed by atoms with E-state index in [-0.39, 0.29) is 11.8 Å². The summed E-state index contributed by atoms with van der Waals surface area (Å²) >= 11 is 1.36. The minimum atomic E-state index is 0.0985. The van der Waals surface area contributed by atoms with E-state index in [9.17, 15) is 4.79 Å². The van der Waals surface area contributed by atoms with E-state index >= 15 is 0 Å². The molecule has 2 aromatic rings. The van der Waals surface area contributed by atoms with Gasteiger partial charge in [-0.15, -0.1) is 0 Å². The Labute approximate surface area is 135 Å². The van der Waals surface area contributed by atoms with E-state index in [1.807, 2.05) is 19.9 Å². The molecule has 2 aromatic heterocycles. The number of ether oxygens (including phenoxy) is 1. The Balaban J connectivity index is 2.12. The molecule has 1 atom stereocenters. The van der Waals surface area contributed by atoms with Gasteiger partial charge in [-0.2, -0.15) is 0 Å². The summed E-state index contributed by atoms with van der Waals surface area (Å²) in [6.45, 7) is 6.71. The number of Topliss-reactive ketones (excluding diaryl/α,β-unsaturated/α-hetero) is 1. The molecule has 0 bridgehead atoms. The highest BCUT2D eigenvalue weighted by atomic mass is 32.2. The SMILES string of the molecule is COC[C@H](C)n1c(C)cc(C(=O)CSc2ncccn2)c1C. The number of carbonyl (C=O) groups is 1. The molecule has 5 nitrogen and oxygen atoms in total. The average Bonchev–Trinajstić information content (AvgIpc) is 2.81. The molecule has 0 radical (unpaired) electrons. The molecule has 0 N–H and O–H groups in total. The Morgan fingerprint density at radius 3 is 2.68 bits per heavy atom. The van der Waals surface area contributed by atoms with Crippen molar-refractivity contribution in [3.63, 3.8) is 0 Å². The molecule has 22 heavy (non-hydrogen) atoms. The molecule has 0 amide bonds. The van der Waals surface area contributed by atoms with Crippen LogP contribution in [0.5, 0.6) is 0 Å². The topological polar surface area (TPSA) is 57.0 Å². The third-order valence-corrected chi connectivity index (χ3v) is 4.38. The number of methoxy groups -OCH3 is 1. The second kappa shape index (κ2) is 7.56. The number of aryl methyl sites for hydroxylation is 1. The molecule has 2 heterocycles. The van der Waals surface area contributed by atoms with Gasteiger partial charge in [-0.3, -0.25) is 4.79 Å². The normalized spacial score (nSPS) is 12.4. The van der Waals surface area contributed by atoms with Gasteiger partial charge in [-0.1, -0.05) is 11.8 Å². The van der Waals surface area contributed by atoms with Crippen LogP contribution < -0.4 is 0 Å². The predicted molar refractivity (Wildman–Crippen MR) is 87.6 cm³/mol. The van der Waals surface area contributed by atoms with Gasteiger partial charge in [0.2, 0.25) is 0 Å². The van der Waals surface area contributed by atoms with E-state index in [0.717, 1.165) is 17.0 Å². The second-order valence-corrected chi connectivity index (χ2v) is 6.14. The van der Waals surface area contributed by atoms with Crippen molar-refractivity contribution in [3.8, 4) is 0 Å². The van der Waals surface area contributed by atoms with Crippen LogP contribution in [0.2, 0.25) is 0 Å². The number of ketones is 1. The average molecular weight is 319 g/mol. The summed E-state index contributed by atoms with van der Waals surface area (Å²) in [7, 11) is 1.69. The van der Waals surface area contributed by atoms with Gasteiger partial charge in [-0.25, -0.2) is 9.97 Å². The molecule has 0 aromatic carbocycles. The highest BCUT2D eigenvalue weighted by Crippen LogP contribution is 2.23. The smallest absolute Gasteiger partial charge is 0.187 e. The van der Waals surface area contributed by atoms with Crippen molar-refractivity contribution in [2.24, 2.45) is 0 Å². The van der Waals surface area contributed by atoms with Gasteiger partial charge in [0, 0.05) is 36.5 Å². The maximum atomic E-state index is 12.5. The first kappa shape index (κ1) is 16.7. The first-order chi connectivity index (χ1) is 10.5. The summed E-state index contributed by atoms with van der Waals surface area (Å²) in [6, 6.07) is 3.92. The molecule has 0 saturated heterocycles. The van der Waals surface area contributed by atoms with Crippen molar-refractivity contribution < 1.29 is 9.53 Å². The summed E-state index contributed by atoms with van der Waals surface area (Å²) in [4.78, 5) is 20.7. The number of aromatic nitrogens is 3. The van der Waals surface area contributed by atoms with Crippen LogP contribution in [-0.4, -0.2) is 39.8 Å². The summed E-state index contributed by atoms with van der Waals surface area (Å²) in [5.74, 6) is 0.439. The minimum absolute atomic E-state index is 0.0985. The van der Waals surface area contributed by atoms with E-state index in [1.54, 1.807) is 25.6 Å². The van der Waals surface area contributed by atoms with Crippen LogP contribution in [0.15, 0.2) is 29.7 Å². The lowest BCUT2D eigenvalue weighted by atomic mass is 10.2. The quantitative estimate of drug-likeness (QED) is 0.446.